The van der Waals surface area contributed by atoms with Gasteiger partial charge in [0.25, 0.3) is 0 Å². The average Bonchev–Trinajstić information content (AvgIpc) is 2.58. The van der Waals surface area contributed by atoms with Crippen LogP contribution in [0.15, 0.2) is 0 Å². The van der Waals surface area contributed by atoms with Gasteiger partial charge in [-0.15, -0.1) is 11.6 Å². The van der Waals surface area contributed by atoms with Gasteiger partial charge in [0.15, 0.2) is 0 Å². The van der Waals surface area contributed by atoms with Crippen molar-refractivity contribution in [2.24, 2.45) is 5.92 Å². The molecule has 0 N–H and O–H groups in total. The van der Waals surface area contributed by atoms with E-state index >= 15 is 0 Å². The van der Waals surface area contributed by atoms with Crippen molar-refractivity contribution in [2.75, 3.05) is 19.6 Å². The van der Waals surface area contributed by atoms with Gasteiger partial charge < -0.3 is 9.62 Å². The van der Waals surface area contributed by atoms with Gasteiger partial charge in [0.2, 0.25) is 0 Å². The van der Waals surface area contributed by atoms with E-state index in [1.54, 1.807) is 0 Å². The summed E-state index contributed by atoms with van der Waals surface area (Å²) in [6, 6.07) is 1.79. The number of hydrogen-bond acceptors (Lipinski definition) is 3. The van der Waals surface area contributed by atoms with Crippen LogP contribution in [0.2, 0.25) is 0 Å². The quantitative estimate of drug-likeness (QED) is 0.440. The zero-order chi connectivity index (χ0) is 22.4. The summed E-state index contributed by atoms with van der Waals surface area (Å²) >= 11 is 0. The molecule has 0 bridgehead atoms. The van der Waals surface area contributed by atoms with Gasteiger partial charge in [0, 0.05) is 5.92 Å². The summed E-state index contributed by atoms with van der Waals surface area (Å²) in [5, 5.41) is 0. The molecule has 0 fully saturated rings. The Morgan fingerprint density at radius 3 is 1.21 bits per heavy atom. The molecule has 29 heavy (non-hydrogen) atoms. The third kappa shape index (κ3) is 13.5. The summed E-state index contributed by atoms with van der Waals surface area (Å²) in [6.07, 6.45) is 0. The maximum Gasteiger partial charge on any atom is 0.312 e. The molecule has 5 heteroatoms. The molecular weight excluding hydrogens is 352 g/mol. The van der Waals surface area contributed by atoms with Gasteiger partial charge >= 0.3 is 14.8 Å². The summed E-state index contributed by atoms with van der Waals surface area (Å²) in [7, 11) is 4.02. The average molecular weight is 393 g/mol. The number of rotatable bonds is 9. The Labute approximate surface area is 183 Å². The van der Waals surface area contributed by atoms with E-state index in [1.807, 2.05) is 14.8 Å². The van der Waals surface area contributed by atoms with Crippen molar-refractivity contribution in [3.8, 4) is 35.3 Å². The Morgan fingerprint density at radius 1 is 0.552 bits per heavy atom. The fraction of sp³-hybridized carbons (Fsp3) is 0.750. The predicted molar refractivity (Wildman–Crippen MR) is 130 cm³/mol. The van der Waals surface area contributed by atoms with Gasteiger partial charge in [-0.05, 0) is 24.2 Å². The molecule has 0 unspecified atom stereocenters. The molecule has 3 nitrogen and oxygen atoms in total. The lowest BCUT2D eigenvalue weighted by Gasteiger charge is -2.28. The summed E-state index contributed by atoms with van der Waals surface area (Å²) in [5.41, 5.74) is 0. The van der Waals surface area contributed by atoms with Crippen molar-refractivity contribution in [3.63, 3.8) is 0 Å². The van der Waals surface area contributed by atoms with Crippen LogP contribution in [0.5, 0.6) is 0 Å². The minimum Gasteiger partial charge on any atom is -0.330 e. The normalized spacial score (nSPS) is 11.1. The van der Waals surface area contributed by atoms with Crippen molar-refractivity contribution < 1.29 is 0 Å². The second-order valence-electron chi connectivity index (χ2n) is 8.79. The second-order valence-corrected chi connectivity index (χ2v) is 8.79. The van der Waals surface area contributed by atoms with Gasteiger partial charge in [-0.25, -0.2) is 0 Å². The summed E-state index contributed by atoms with van der Waals surface area (Å²) in [4.78, 5) is 6.75. The van der Waals surface area contributed by atoms with Crippen LogP contribution < -0.4 is 0 Å². The van der Waals surface area contributed by atoms with Crippen LogP contribution in [-0.4, -0.2) is 73.2 Å². The topological polar surface area (TPSA) is 9.72 Å². The van der Waals surface area contributed by atoms with E-state index < -0.39 is 0 Å². The lowest BCUT2D eigenvalue weighted by atomic mass is 9.88. The van der Waals surface area contributed by atoms with Crippen LogP contribution in [0, 0.1) is 41.2 Å². The van der Waals surface area contributed by atoms with Crippen LogP contribution >= 0.6 is 0 Å². The first kappa shape index (κ1) is 27.7. The molecule has 0 spiro atoms. The maximum atomic E-state index is 3.27. The lowest BCUT2D eigenvalue weighted by Crippen LogP contribution is -2.39. The maximum absolute atomic E-state index is 3.27. The standard InChI is InChI=1S/C24H41B2N3/c1-20(2)14-11-17-27(18-12-15-25-28(21(3)4)22(5)6)19-13-16-26-29(23(7)8)24(9)10/h20-24H,17-19H2,1-10H3. The van der Waals surface area contributed by atoms with Crippen molar-refractivity contribution in [2.45, 2.75) is 93.4 Å². The Kier molecular flexibility index (Phi) is 14.8. The van der Waals surface area contributed by atoms with Crippen LogP contribution in [0.4, 0.5) is 0 Å². The van der Waals surface area contributed by atoms with Crippen molar-refractivity contribution in [1.29, 1.82) is 0 Å². The summed E-state index contributed by atoms with van der Waals surface area (Å²) < 4.78 is 0. The Morgan fingerprint density at radius 2 is 0.897 bits per heavy atom. The highest BCUT2D eigenvalue weighted by Gasteiger charge is 2.13. The zero-order valence-electron chi connectivity index (χ0n) is 20.5. The molecule has 0 heterocycles. The first-order valence-electron chi connectivity index (χ1n) is 10.9. The monoisotopic (exact) mass is 393 g/mol. The highest BCUT2D eigenvalue weighted by Crippen LogP contribution is 2.02. The number of nitrogens with zero attached hydrogens (tertiary/aromatic N) is 3. The Balaban J connectivity index is 4.92. The fourth-order valence-electron chi connectivity index (χ4n) is 2.87. The molecule has 158 valence electrons. The van der Waals surface area contributed by atoms with E-state index in [0.29, 0.717) is 49.7 Å². The molecule has 0 saturated heterocycles. The molecule has 0 aromatic heterocycles. The smallest absolute Gasteiger partial charge is 0.312 e. The highest BCUT2D eigenvalue weighted by atomic mass is 15.1. The Hall–Kier alpha value is -1.31. The molecule has 0 atom stereocenters. The van der Waals surface area contributed by atoms with Crippen LogP contribution in [-0.2, 0) is 0 Å². The van der Waals surface area contributed by atoms with Gasteiger partial charge in [-0.1, -0.05) is 92.9 Å². The van der Waals surface area contributed by atoms with E-state index in [4.69, 9.17) is 0 Å². The summed E-state index contributed by atoms with van der Waals surface area (Å²) in [6.45, 7) is 23.8. The fourth-order valence-corrected chi connectivity index (χ4v) is 2.87. The molecule has 0 amide bonds. The van der Waals surface area contributed by atoms with E-state index in [2.05, 4.69) is 119 Å². The summed E-state index contributed by atoms with van der Waals surface area (Å²) in [5.74, 6) is 19.8. The third-order valence-corrected chi connectivity index (χ3v) is 4.32. The molecular formula is C24H41B2N3. The van der Waals surface area contributed by atoms with Crippen molar-refractivity contribution >= 4 is 14.8 Å². The minimum atomic E-state index is 0.381. The predicted octanol–water partition coefficient (Wildman–Crippen LogP) is 3.35. The minimum absolute atomic E-state index is 0.381. The van der Waals surface area contributed by atoms with E-state index in [0.717, 1.165) is 0 Å². The van der Waals surface area contributed by atoms with Crippen LogP contribution in [0.1, 0.15) is 69.2 Å². The largest absolute Gasteiger partial charge is 0.330 e. The van der Waals surface area contributed by atoms with Gasteiger partial charge in [0.1, 0.15) is 0 Å². The van der Waals surface area contributed by atoms with Gasteiger partial charge in [0.05, 0.1) is 19.6 Å². The Bertz CT molecular complexity index is 564. The molecule has 0 aliphatic rings. The molecule has 0 saturated carbocycles. The molecule has 0 rings (SSSR count). The van der Waals surface area contributed by atoms with Crippen molar-refractivity contribution in [1.82, 2.24) is 14.5 Å². The SMILES string of the molecule is CC(C)C#CCN(CC#C[B]N(C(C)C)C(C)C)CC#C[B]N(C(C)C)C(C)C. The lowest BCUT2D eigenvalue weighted by molar-refractivity contribution is 0.315. The van der Waals surface area contributed by atoms with Crippen molar-refractivity contribution in [3.05, 3.63) is 0 Å². The highest BCUT2D eigenvalue weighted by molar-refractivity contribution is 6.43. The van der Waals surface area contributed by atoms with Gasteiger partial charge in [-0.3, -0.25) is 4.90 Å². The van der Waals surface area contributed by atoms with E-state index in [-0.39, 0.29) is 0 Å². The van der Waals surface area contributed by atoms with Gasteiger partial charge in [-0.2, -0.15) is 0 Å². The van der Waals surface area contributed by atoms with Crippen LogP contribution in [0.3, 0.4) is 0 Å². The second kappa shape index (κ2) is 15.5. The third-order valence-electron chi connectivity index (χ3n) is 4.32. The molecule has 0 aliphatic heterocycles. The van der Waals surface area contributed by atoms with E-state index in [1.165, 1.54) is 0 Å². The molecule has 0 aromatic carbocycles. The zero-order valence-corrected chi connectivity index (χ0v) is 20.5. The first-order chi connectivity index (χ1) is 13.6. The first-order valence-corrected chi connectivity index (χ1v) is 10.9. The molecule has 2 radical (unpaired) electrons. The van der Waals surface area contributed by atoms with E-state index in [9.17, 15) is 0 Å². The number of hydrogen-bond donors (Lipinski definition) is 0. The molecule has 0 aliphatic carbocycles. The van der Waals surface area contributed by atoms with Crippen LogP contribution in [0.25, 0.3) is 0 Å². The molecule has 0 aromatic rings.